The van der Waals surface area contributed by atoms with E-state index in [4.69, 9.17) is 0 Å². The maximum absolute atomic E-state index is 13.4. The Morgan fingerprint density at radius 1 is 1.29 bits per heavy atom. The lowest BCUT2D eigenvalue weighted by molar-refractivity contribution is 0.114. The van der Waals surface area contributed by atoms with Gasteiger partial charge in [0.1, 0.15) is 5.82 Å². The second kappa shape index (κ2) is 6.91. The van der Waals surface area contributed by atoms with Crippen molar-refractivity contribution >= 4 is 0 Å². The predicted molar refractivity (Wildman–Crippen MR) is 87.9 cm³/mol. The summed E-state index contributed by atoms with van der Waals surface area (Å²) in [5, 5.41) is 3.60. The minimum atomic E-state index is -0.112. The Balaban J connectivity index is 2.05. The van der Waals surface area contributed by atoms with Crippen LogP contribution in [0.4, 0.5) is 4.39 Å². The molecule has 0 heterocycles. The third-order valence-electron chi connectivity index (χ3n) is 4.85. The van der Waals surface area contributed by atoms with E-state index in [2.05, 4.69) is 39.1 Å². The minimum absolute atomic E-state index is 0.112. The molecule has 1 aliphatic rings. The third-order valence-corrected chi connectivity index (χ3v) is 4.85. The Hall–Kier alpha value is -0.890. The van der Waals surface area contributed by atoms with Crippen LogP contribution in [-0.2, 0) is 6.42 Å². The van der Waals surface area contributed by atoms with Crippen LogP contribution in [0.15, 0.2) is 24.3 Å². The SMILES string of the molecule is CC(C)NCC1CCC(C)(C)CC1Cc1cccc(F)c1. The molecule has 0 radical (unpaired) electrons. The van der Waals surface area contributed by atoms with Gasteiger partial charge >= 0.3 is 0 Å². The maximum Gasteiger partial charge on any atom is 0.123 e. The molecule has 0 amide bonds. The molecule has 2 rings (SSSR count). The van der Waals surface area contributed by atoms with Crippen LogP contribution in [0, 0.1) is 23.1 Å². The van der Waals surface area contributed by atoms with Gasteiger partial charge in [-0.3, -0.25) is 0 Å². The van der Waals surface area contributed by atoms with E-state index in [1.807, 2.05) is 6.07 Å². The van der Waals surface area contributed by atoms with Gasteiger partial charge in [0.25, 0.3) is 0 Å². The molecule has 1 fully saturated rings. The Labute approximate surface area is 129 Å². The molecule has 1 aromatic rings. The second-order valence-corrected chi connectivity index (χ2v) is 7.82. The van der Waals surface area contributed by atoms with Crippen LogP contribution in [0.5, 0.6) is 0 Å². The van der Waals surface area contributed by atoms with E-state index in [1.165, 1.54) is 25.3 Å². The molecule has 1 saturated carbocycles. The van der Waals surface area contributed by atoms with Crippen molar-refractivity contribution in [1.82, 2.24) is 5.32 Å². The highest BCUT2D eigenvalue weighted by Gasteiger charge is 2.34. The Morgan fingerprint density at radius 3 is 2.71 bits per heavy atom. The molecule has 0 aliphatic heterocycles. The molecule has 0 bridgehead atoms. The molecule has 21 heavy (non-hydrogen) atoms. The average molecular weight is 291 g/mol. The van der Waals surface area contributed by atoms with Gasteiger partial charge in [0.2, 0.25) is 0 Å². The first-order valence-electron chi connectivity index (χ1n) is 8.33. The molecular formula is C19H30FN. The number of rotatable bonds is 5. The van der Waals surface area contributed by atoms with E-state index < -0.39 is 0 Å². The van der Waals surface area contributed by atoms with E-state index in [0.29, 0.717) is 23.3 Å². The highest BCUT2D eigenvalue weighted by molar-refractivity contribution is 5.17. The lowest BCUT2D eigenvalue weighted by Crippen LogP contribution is -2.38. The highest BCUT2D eigenvalue weighted by atomic mass is 19.1. The van der Waals surface area contributed by atoms with E-state index >= 15 is 0 Å². The van der Waals surface area contributed by atoms with E-state index in [0.717, 1.165) is 18.5 Å². The predicted octanol–water partition coefficient (Wildman–Crippen LogP) is 4.81. The molecule has 118 valence electrons. The van der Waals surface area contributed by atoms with E-state index in [9.17, 15) is 4.39 Å². The maximum atomic E-state index is 13.4. The summed E-state index contributed by atoms with van der Waals surface area (Å²) in [5.74, 6) is 1.25. The number of halogens is 1. The molecule has 2 unspecified atom stereocenters. The number of hydrogen-bond acceptors (Lipinski definition) is 1. The Kier molecular flexibility index (Phi) is 5.43. The normalized spacial score (nSPS) is 25.2. The van der Waals surface area contributed by atoms with Crippen molar-refractivity contribution in [2.45, 2.75) is 59.4 Å². The Morgan fingerprint density at radius 2 is 2.05 bits per heavy atom. The molecule has 0 aromatic heterocycles. The van der Waals surface area contributed by atoms with Crippen LogP contribution in [0.1, 0.15) is 52.5 Å². The molecule has 1 nitrogen and oxygen atoms in total. The minimum Gasteiger partial charge on any atom is -0.314 e. The molecular weight excluding hydrogens is 261 g/mol. The molecule has 0 spiro atoms. The zero-order valence-electron chi connectivity index (χ0n) is 14.0. The first kappa shape index (κ1) is 16.5. The van der Waals surface area contributed by atoms with Gasteiger partial charge in [-0.1, -0.05) is 39.8 Å². The monoisotopic (exact) mass is 291 g/mol. The van der Waals surface area contributed by atoms with Crippen LogP contribution in [-0.4, -0.2) is 12.6 Å². The molecule has 1 aliphatic carbocycles. The smallest absolute Gasteiger partial charge is 0.123 e. The molecule has 1 N–H and O–H groups in total. The van der Waals surface area contributed by atoms with Crippen molar-refractivity contribution in [3.8, 4) is 0 Å². The summed E-state index contributed by atoms with van der Waals surface area (Å²) >= 11 is 0. The summed E-state index contributed by atoms with van der Waals surface area (Å²) in [6, 6.07) is 7.67. The largest absolute Gasteiger partial charge is 0.314 e. The first-order valence-corrected chi connectivity index (χ1v) is 8.33. The highest BCUT2D eigenvalue weighted by Crippen LogP contribution is 2.43. The fraction of sp³-hybridized carbons (Fsp3) is 0.684. The fourth-order valence-corrected chi connectivity index (χ4v) is 3.65. The lowest BCUT2D eigenvalue weighted by atomic mass is 9.65. The van der Waals surface area contributed by atoms with Crippen molar-refractivity contribution in [3.05, 3.63) is 35.6 Å². The number of nitrogens with one attached hydrogen (secondary N) is 1. The summed E-state index contributed by atoms with van der Waals surface area (Å²) in [5.41, 5.74) is 1.57. The van der Waals surface area contributed by atoms with Crippen LogP contribution in [0.2, 0.25) is 0 Å². The van der Waals surface area contributed by atoms with Crippen molar-refractivity contribution in [1.29, 1.82) is 0 Å². The standard InChI is InChI=1S/C19H30FN/c1-14(2)21-13-16-8-9-19(3,4)12-17(16)10-15-6-5-7-18(20)11-15/h5-7,11,14,16-17,21H,8-10,12-13H2,1-4H3. The first-order chi connectivity index (χ1) is 9.85. The van der Waals surface area contributed by atoms with Crippen molar-refractivity contribution in [2.24, 2.45) is 17.3 Å². The molecule has 2 heteroatoms. The van der Waals surface area contributed by atoms with Gasteiger partial charge in [0, 0.05) is 6.04 Å². The topological polar surface area (TPSA) is 12.0 Å². The van der Waals surface area contributed by atoms with Crippen molar-refractivity contribution in [3.63, 3.8) is 0 Å². The second-order valence-electron chi connectivity index (χ2n) is 7.82. The Bertz CT molecular complexity index is 451. The van der Waals surface area contributed by atoms with Gasteiger partial charge in [-0.2, -0.15) is 0 Å². The van der Waals surface area contributed by atoms with Crippen LogP contribution in [0.25, 0.3) is 0 Å². The van der Waals surface area contributed by atoms with Gasteiger partial charge in [-0.25, -0.2) is 4.39 Å². The summed E-state index contributed by atoms with van der Waals surface area (Å²) in [4.78, 5) is 0. The third kappa shape index (κ3) is 5.10. The molecule has 0 saturated heterocycles. The lowest BCUT2D eigenvalue weighted by Gasteiger charge is -2.41. The fourth-order valence-electron chi connectivity index (χ4n) is 3.65. The molecule has 1 aromatic carbocycles. The van der Waals surface area contributed by atoms with Gasteiger partial charge in [-0.15, -0.1) is 0 Å². The van der Waals surface area contributed by atoms with Gasteiger partial charge in [0.15, 0.2) is 0 Å². The number of hydrogen-bond donors (Lipinski definition) is 1. The van der Waals surface area contributed by atoms with Crippen LogP contribution in [0.3, 0.4) is 0 Å². The summed E-state index contributed by atoms with van der Waals surface area (Å²) in [7, 11) is 0. The van der Waals surface area contributed by atoms with Gasteiger partial charge in [0.05, 0.1) is 0 Å². The zero-order valence-corrected chi connectivity index (χ0v) is 14.0. The number of benzene rings is 1. The van der Waals surface area contributed by atoms with Crippen LogP contribution >= 0.6 is 0 Å². The van der Waals surface area contributed by atoms with Gasteiger partial charge < -0.3 is 5.32 Å². The summed E-state index contributed by atoms with van der Waals surface area (Å²) in [6.07, 6.45) is 4.84. The summed E-state index contributed by atoms with van der Waals surface area (Å²) in [6.45, 7) is 10.2. The van der Waals surface area contributed by atoms with Crippen molar-refractivity contribution in [2.75, 3.05) is 6.54 Å². The van der Waals surface area contributed by atoms with Crippen LogP contribution < -0.4 is 5.32 Å². The van der Waals surface area contributed by atoms with Crippen molar-refractivity contribution < 1.29 is 4.39 Å². The van der Waals surface area contributed by atoms with Gasteiger partial charge in [-0.05, 0) is 67.2 Å². The van der Waals surface area contributed by atoms with E-state index in [-0.39, 0.29) is 5.82 Å². The zero-order chi connectivity index (χ0) is 15.5. The quantitative estimate of drug-likeness (QED) is 0.821. The molecule has 2 atom stereocenters. The van der Waals surface area contributed by atoms with E-state index in [1.54, 1.807) is 6.07 Å². The average Bonchev–Trinajstić information content (AvgIpc) is 2.36. The summed E-state index contributed by atoms with van der Waals surface area (Å²) < 4.78 is 13.4.